The van der Waals surface area contributed by atoms with Gasteiger partial charge in [-0.2, -0.15) is 4.98 Å². The second kappa shape index (κ2) is 6.88. The summed E-state index contributed by atoms with van der Waals surface area (Å²) in [5.41, 5.74) is -0.310. The molecule has 21 heavy (non-hydrogen) atoms. The highest BCUT2D eigenvalue weighted by Gasteiger charge is 2.39. The van der Waals surface area contributed by atoms with Gasteiger partial charge in [0.25, 0.3) is 0 Å². The first-order chi connectivity index (χ1) is 10.3. The third-order valence-corrected chi connectivity index (χ3v) is 4.83. The Morgan fingerprint density at radius 1 is 1.24 bits per heavy atom. The molecule has 5 heteroatoms. The van der Waals surface area contributed by atoms with Crippen LogP contribution in [-0.2, 0) is 10.3 Å². The molecule has 1 aromatic rings. The molecule has 0 bridgehead atoms. The molecule has 2 heterocycles. The van der Waals surface area contributed by atoms with Crippen LogP contribution in [0.25, 0.3) is 0 Å². The first kappa shape index (κ1) is 15.0. The number of piperidine rings is 1. The van der Waals surface area contributed by atoms with Crippen molar-refractivity contribution in [2.24, 2.45) is 0 Å². The second-order valence-electron chi connectivity index (χ2n) is 6.34. The molecule has 0 amide bonds. The van der Waals surface area contributed by atoms with Gasteiger partial charge in [-0.15, -0.1) is 0 Å². The van der Waals surface area contributed by atoms with Crippen molar-refractivity contribution in [3.05, 3.63) is 11.7 Å². The molecule has 1 aliphatic heterocycles. The van der Waals surface area contributed by atoms with E-state index in [1.807, 2.05) is 0 Å². The SMILES string of the molecule is CCOC1(c2noc(C3CCCNC3)n2)CCCCCC1. The fourth-order valence-corrected chi connectivity index (χ4v) is 3.66. The number of ether oxygens (including phenoxy) is 1. The maximum absolute atomic E-state index is 6.14. The molecule has 5 nitrogen and oxygen atoms in total. The van der Waals surface area contributed by atoms with Gasteiger partial charge in [-0.1, -0.05) is 30.8 Å². The Morgan fingerprint density at radius 2 is 2.05 bits per heavy atom. The molecule has 1 aliphatic carbocycles. The number of rotatable bonds is 4. The normalized spacial score (nSPS) is 26.4. The summed E-state index contributed by atoms with van der Waals surface area (Å²) in [5.74, 6) is 1.94. The number of aromatic nitrogens is 2. The summed E-state index contributed by atoms with van der Waals surface area (Å²) < 4.78 is 11.7. The van der Waals surface area contributed by atoms with Gasteiger partial charge in [-0.05, 0) is 39.2 Å². The molecule has 1 N–H and O–H groups in total. The van der Waals surface area contributed by atoms with E-state index in [2.05, 4.69) is 17.4 Å². The quantitative estimate of drug-likeness (QED) is 0.864. The zero-order valence-corrected chi connectivity index (χ0v) is 13.1. The minimum absolute atomic E-state index is 0.310. The smallest absolute Gasteiger partial charge is 0.231 e. The number of hydrogen-bond acceptors (Lipinski definition) is 5. The van der Waals surface area contributed by atoms with Gasteiger partial charge in [0.05, 0.1) is 5.92 Å². The fourth-order valence-electron chi connectivity index (χ4n) is 3.66. The minimum Gasteiger partial charge on any atom is -0.367 e. The Hall–Kier alpha value is -0.940. The highest BCUT2D eigenvalue weighted by Crippen LogP contribution is 2.38. The topological polar surface area (TPSA) is 60.2 Å². The van der Waals surface area contributed by atoms with Crippen molar-refractivity contribution < 1.29 is 9.26 Å². The van der Waals surface area contributed by atoms with Gasteiger partial charge in [0, 0.05) is 13.2 Å². The summed E-state index contributed by atoms with van der Waals surface area (Å²) in [5, 5.41) is 7.72. The molecular weight excluding hydrogens is 266 g/mol. The summed E-state index contributed by atoms with van der Waals surface area (Å²) >= 11 is 0. The van der Waals surface area contributed by atoms with Crippen molar-refractivity contribution in [1.82, 2.24) is 15.5 Å². The van der Waals surface area contributed by atoms with Crippen LogP contribution in [0.4, 0.5) is 0 Å². The zero-order chi connectivity index (χ0) is 14.5. The summed E-state index contributed by atoms with van der Waals surface area (Å²) in [6, 6.07) is 0. The highest BCUT2D eigenvalue weighted by molar-refractivity contribution is 5.05. The summed E-state index contributed by atoms with van der Waals surface area (Å²) in [6.45, 7) is 4.80. The van der Waals surface area contributed by atoms with Crippen LogP contribution in [0.15, 0.2) is 4.52 Å². The van der Waals surface area contributed by atoms with Gasteiger partial charge in [0.15, 0.2) is 0 Å². The minimum atomic E-state index is -0.310. The van der Waals surface area contributed by atoms with Crippen LogP contribution < -0.4 is 5.32 Å². The molecule has 0 aromatic carbocycles. The molecule has 1 unspecified atom stereocenters. The van der Waals surface area contributed by atoms with Gasteiger partial charge in [0.1, 0.15) is 5.60 Å². The van der Waals surface area contributed by atoms with Crippen LogP contribution >= 0.6 is 0 Å². The molecule has 1 saturated carbocycles. The molecule has 2 fully saturated rings. The van der Waals surface area contributed by atoms with E-state index in [0.717, 1.165) is 44.1 Å². The number of nitrogens with zero attached hydrogens (tertiary/aromatic N) is 2. The zero-order valence-electron chi connectivity index (χ0n) is 13.1. The highest BCUT2D eigenvalue weighted by atomic mass is 16.5. The third-order valence-electron chi connectivity index (χ3n) is 4.83. The standard InChI is InChI=1S/C16H27N3O2/c1-2-20-16(9-5-3-4-6-10-16)15-18-14(21-19-15)13-8-7-11-17-12-13/h13,17H,2-12H2,1H3. The van der Waals surface area contributed by atoms with E-state index in [9.17, 15) is 0 Å². The monoisotopic (exact) mass is 293 g/mol. The fraction of sp³-hybridized carbons (Fsp3) is 0.875. The molecule has 0 spiro atoms. The van der Waals surface area contributed by atoms with Gasteiger partial charge in [-0.25, -0.2) is 0 Å². The molecule has 1 aromatic heterocycles. The van der Waals surface area contributed by atoms with E-state index < -0.39 is 0 Å². The Kier molecular flexibility index (Phi) is 4.91. The van der Waals surface area contributed by atoms with E-state index in [1.165, 1.54) is 32.1 Å². The molecule has 118 valence electrons. The van der Waals surface area contributed by atoms with E-state index in [4.69, 9.17) is 14.2 Å². The number of nitrogens with one attached hydrogen (secondary N) is 1. The second-order valence-corrected chi connectivity index (χ2v) is 6.34. The van der Waals surface area contributed by atoms with Crippen LogP contribution in [0.2, 0.25) is 0 Å². The van der Waals surface area contributed by atoms with Crippen molar-refractivity contribution in [2.45, 2.75) is 69.8 Å². The number of hydrogen-bond donors (Lipinski definition) is 1. The lowest BCUT2D eigenvalue weighted by Crippen LogP contribution is -2.31. The Labute approximate surface area is 126 Å². The molecule has 0 radical (unpaired) electrons. The van der Waals surface area contributed by atoms with Crippen LogP contribution in [-0.4, -0.2) is 29.8 Å². The molecule has 3 rings (SSSR count). The van der Waals surface area contributed by atoms with Gasteiger partial charge in [-0.3, -0.25) is 0 Å². The largest absolute Gasteiger partial charge is 0.367 e. The lowest BCUT2D eigenvalue weighted by atomic mass is 9.93. The maximum atomic E-state index is 6.14. The van der Waals surface area contributed by atoms with E-state index in [1.54, 1.807) is 0 Å². The van der Waals surface area contributed by atoms with Crippen molar-refractivity contribution >= 4 is 0 Å². The van der Waals surface area contributed by atoms with Gasteiger partial charge >= 0.3 is 0 Å². The van der Waals surface area contributed by atoms with Crippen molar-refractivity contribution in [1.29, 1.82) is 0 Å². The van der Waals surface area contributed by atoms with Crippen molar-refractivity contribution in [2.75, 3.05) is 19.7 Å². The third kappa shape index (κ3) is 3.29. The first-order valence-electron chi connectivity index (χ1n) is 8.53. The van der Waals surface area contributed by atoms with Crippen LogP contribution in [0.5, 0.6) is 0 Å². The van der Waals surface area contributed by atoms with E-state index in [0.29, 0.717) is 12.5 Å². The predicted molar refractivity (Wildman–Crippen MR) is 80.1 cm³/mol. The Morgan fingerprint density at radius 3 is 2.71 bits per heavy atom. The van der Waals surface area contributed by atoms with Gasteiger partial charge in [0.2, 0.25) is 11.7 Å². The summed E-state index contributed by atoms with van der Waals surface area (Å²) in [6.07, 6.45) is 9.29. The molecule has 1 atom stereocenters. The van der Waals surface area contributed by atoms with E-state index in [-0.39, 0.29) is 5.60 Å². The van der Waals surface area contributed by atoms with Gasteiger partial charge < -0.3 is 14.6 Å². The van der Waals surface area contributed by atoms with Crippen molar-refractivity contribution in [3.8, 4) is 0 Å². The average Bonchev–Trinajstić information content (AvgIpc) is 2.91. The Bertz CT molecular complexity index is 432. The molecule has 2 aliphatic rings. The Balaban J connectivity index is 1.80. The van der Waals surface area contributed by atoms with Crippen LogP contribution in [0, 0.1) is 0 Å². The summed E-state index contributed by atoms with van der Waals surface area (Å²) in [7, 11) is 0. The molecule has 1 saturated heterocycles. The van der Waals surface area contributed by atoms with E-state index >= 15 is 0 Å². The molecular formula is C16H27N3O2. The lowest BCUT2D eigenvalue weighted by molar-refractivity contribution is -0.0636. The average molecular weight is 293 g/mol. The van der Waals surface area contributed by atoms with Crippen molar-refractivity contribution in [3.63, 3.8) is 0 Å². The maximum Gasteiger partial charge on any atom is 0.231 e. The predicted octanol–water partition coefficient (Wildman–Crippen LogP) is 3.12. The van der Waals surface area contributed by atoms with Crippen LogP contribution in [0.3, 0.4) is 0 Å². The first-order valence-corrected chi connectivity index (χ1v) is 8.53. The lowest BCUT2D eigenvalue weighted by Gasteiger charge is -2.29. The summed E-state index contributed by atoms with van der Waals surface area (Å²) in [4.78, 5) is 4.75. The van der Waals surface area contributed by atoms with Crippen LogP contribution in [0.1, 0.15) is 75.9 Å².